The number of halogens is 1. The van der Waals surface area contributed by atoms with Crippen molar-refractivity contribution < 1.29 is 19.1 Å². The van der Waals surface area contributed by atoms with Crippen molar-refractivity contribution in [1.29, 1.82) is 0 Å². The number of nitrogens with two attached hydrogens (primary N) is 1. The van der Waals surface area contributed by atoms with E-state index in [0.29, 0.717) is 36.0 Å². The number of rotatable bonds is 5. The lowest BCUT2D eigenvalue weighted by Gasteiger charge is -2.33. The number of primary amides is 1. The molecule has 0 radical (unpaired) electrons. The smallest absolute Gasteiger partial charge is 0.257 e. The Bertz CT molecular complexity index is 794. The zero-order valence-corrected chi connectivity index (χ0v) is 14.8. The van der Waals surface area contributed by atoms with Crippen LogP contribution >= 0.6 is 11.6 Å². The molecule has 1 fully saturated rings. The predicted molar refractivity (Wildman–Crippen MR) is 97.2 cm³/mol. The molecule has 26 heavy (non-hydrogen) atoms. The number of carbonyl (C=O) groups is 2. The van der Waals surface area contributed by atoms with Crippen LogP contribution in [0.1, 0.15) is 22.0 Å². The standard InChI is InChI=1S/C19H19ClN2O4/c20-14-7-5-13(6-8-14)17-11-22(9-10-25-17)19(24)15-3-1-2-4-16(15)26-12-18(21)23/h1-8,17H,9-12H2,(H2,21,23). The molecule has 1 atom stereocenters. The fourth-order valence-electron chi connectivity index (χ4n) is 2.80. The summed E-state index contributed by atoms with van der Waals surface area (Å²) in [5.41, 5.74) is 6.47. The van der Waals surface area contributed by atoms with Crippen molar-refractivity contribution in [2.24, 2.45) is 5.73 Å². The van der Waals surface area contributed by atoms with E-state index in [1.54, 1.807) is 41.3 Å². The zero-order valence-electron chi connectivity index (χ0n) is 14.1. The lowest BCUT2D eigenvalue weighted by Crippen LogP contribution is -2.42. The second-order valence-electron chi connectivity index (χ2n) is 5.91. The Morgan fingerprint density at radius 2 is 1.92 bits per heavy atom. The number of hydrogen-bond donors (Lipinski definition) is 1. The summed E-state index contributed by atoms with van der Waals surface area (Å²) in [7, 11) is 0. The first-order chi connectivity index (χ1) is 12.5. The van der Waals surface area contributed by atoms with Crippen molar-refractivity contribution in [3.8, 4) is 5.75 Å². The summed E-state index contributed by atoms with van der Waals surface area (Å²) in [6.45, 7) is 1.06. The van der Waals surface area contributed by atoms with Crippen molar-refractivity contribution >= 4 is 23.4 Å². The van der Waals surface area contributed by atoms with Crippen LogP contribution in [0.4, 0.5) is 0 Å². The zero-order chi connectivity index (χ0) is 18.5. The molecule has 2 N–H and O–H groups in total. The molecular weight excluding hydrogens is 356 g/mol. The molecule has 0 bridgehead atoms. The van der Waals surface area contributed by atoms with E-state index >= 15 is 0 Å². The SMILES string of the molecule is NC(=O)COc1ccccc1C(=O)N1CCOC(c2ccc(Cl)cc2)C1. The summed E-state index contributed by atoms with van der Waals surface area (Å²) in [4.78, 5) is 25.6. The largest absolute Gasteiger partial charge is 0.483 e. The highest BCUT2D eigenvalue weighted by Crippen LogP contribution is 2.26. The maximum absolute atomic E-state index is 12.9. The molecule has 136 valence electrons. The highest BCUT2D eigenvalue weighted by molar-refractivity contribution is 6.30. The lowest BCUT2D eigenvalue weighted by molar-refractivity contribution is -0.119. The van der Waals surface area contributed by atoms with Gasteiger partial charge in [-0.2, -0.15) is 0 Å². The van der Waals surface area contributed by atoms with Crippen LogP contribution in [0.5, 0.6) is 5.75 Å². The van der Waals surface area contributed by atoms with Gasteiger partial charge in [0.1, 0.15) is 11.9 Å². The molecule has 1 unspecified atom stereocenters. The fraction of sp³-hybridized carbons (Fsp3) is 0.263. The Balaban J connectivity index is 1.75. The minimum atomic E-state index is -0.596. The number of amides is 2. The molecule has 1 saturated heterocycles. The van der Waals surface area contributed by atoms with Gasteiger partial charge in [0.15, 0.2) is 6.61 Å². The minimum Gasteiger partial charge on any atom is -0.483 e. The van der Waals surface area contributed by atoms with E-state index in [2.05, 4.69) is 0 Å². The van der Waals surface area contributed by atoms with Crippen molar-refractivity contribution in [1.82, 2.24) is 4.90 Å². The number of para-hydroxylation sites is 1. The molecular formula is C19H19ClN2O4. The molecule has 2 aromatic rings. The predicted octanol–water partition coefficient (Wildman–Crippen LogP) is 2.42. The molecule has 6 nitrogen and oxygen atoms in total. The van der Waals surface area contributed by atoms with Crippen LogP contribution in [0.15, 0.2) is 48.5 Å². The first-order valence-electron chi connectivity index (χ1n) is 8.21. The molecule has 2 amide bonds. The Kier molecular flexibility index (Phi) is 5.75. The van der Waals surface area contributed by atoms with Gasteiger partial charge in [-0.3, -0.25) is 9.59 Å². The Morgan fingerprint density at radius 1 is 1.19 bits per heavy atom. The third-order valence-corrected chi connectivity index (χ3v) is 4.33. The summed E-state index contributed by atoms with van der Waals surface area (Å²) >= 11 is 5.93. The maximum atomic E-state index is 12.9. The molecule has 0 saturated carbocycles. The Hall–Kier alpha value is -2.57. The molecule has 7 heteroatoms. The van der Waals surface area contributed by atoms with Gasteiger partial charge in [-0.25, -0.2) is 0 Å². The minimum absolute atomic E-state index is 0.174. The number of ether oxygens (including phenoxy) is 2. The molecule has 1 aliphatic heterocycles. The van der Waals surface area contributed by atoms with Gasteiger partial charge in [0.25, 0.3) is 11.8 Å². The van der Waals surface area contributed by atoms with Crippen molar-refractivity contribution in [3.63, 3.8) is 0 Å². The van der Waals surface area contributed by atoms with Gasteiger partial charge in [-0.05, 0) is 29.8 Å². The van der Waals surface area contributed by atoms with Gasteiger partial charge in [-0.15, -0.1) is 0 Å². The topological polar surface area (TPSA) is 81.9 Å². The van der Waals surface area contributed by atoms with Crippen LogP contribution < -0.4 is 10.5 Å². The summed E-state index contributed by atoms with van der Waals surface area (Å²) in [5.74, 6) is -0.431. The van der Waals surface area contributed by atoms with E-state index in [0.717, 1.165) is 5.56 Å². The van der Waals surface area contributed by atoms with Gasteiger partial charge in [-0.1, -0.05) is 35.9 Å². The van der Waals surface area contributed by atoms with Gasteiger partial charge in [0.2, 0.25) is 0 Å². The molecule has 1 heterocycles. The van der Waals surface area contributed by atoms with Crippen LogP contribution in [0.25, 0.3) is 0 Å². The second-order valence-corrected chi connectivity index (χ2v) is 6.35. The first kappa shape index (κ1) is 18.2. The van der Waals surface area contributed by atoms with E-state index in [9.17, 15) is 9.59 Å². The first-order valence-corrected chi connectivity index (χ1v) is 8.59. The second kappa shape index (κ2) is 8.21. The van der Waals surface area contributed by atoms with Crippen molar-refractivity contribution in [2.75, 3.05) is 26.3 Å². The number of hydrogen-bond acceptors (Lipinski definition) is 4. The normalized spacial score (nSPS) is 17.0. The maximum Gasteiger partial charge on any atom is 0.257 e. The summed E-state index contributed by atoms with van der Waals surface area (Å²) < 4.78 is 11.2. The Labute approximate surface area is 156 Å². The quantitative estimate of drug-likeness (QED) is 0.871. The number of benzene rings is 2. The highest BCUT2D eigenvalue weighted by Gasteiger charge is 2.27. The van der Waals surface area contributed by atoms with Gasteiger partial charge < -0.3 is 20.1 Å². The van der Waals surface area contributed by atoms with Gasteiger partial charge >= 0.3 is 0 Å². The highest BCUT2D eigenvalue weighted by atomic mass is 35.5. The Morgan fingerprint density at radius 3 is 2.65 bits per heavy atom. The van der Waals surface area contributed by atoms with Crippen LogP contribution in [-0.4, -0.2) is 43.0 Å². The summed E-state index contributed by atoms with van der Waals surface area (Å²) in [6, 6.07) is 14.2. The van der Waals surface area contributed by atoms with Crippen LogP contribution in [0.2, 0.25) is 5.02 Å². The summed E-state index contributed by atoms with van der Waals surface area (Å²) in [6.07, 6.45) is -0.219. The van der Waals surface area contributed by atoms with Gasteiger partial charge in [0.05, 0.1) is 18.7 Å². The van der Waals surface area contributed by atoms with Crippen molar-refractivity contribution in [3.05, 3.63) is 64.7 Å². The fourth-order valence-corrected chi connectivity index (χ4v) is 2.93. The van der Waals surface area contributed by atoms with Crippen LogP contribution in [0.3, 0.4) is 0 Å². The van der Waals surface area contributed by atoms with Crippen molar-refractivity contribution in [2.45, 2.75) is 6.10 Å². The molecule has 2 aromatic carbocycles. The van der Waals surface area contributed by atoms with Crippen LogP contribution in [-0.2, 0) is 9.53 Å². The molecule has 3 rings (SSSR count). The van der Waals surface area contributed by atoms with Gasteiger partial charge in [0, 0.05) is 11.6 Å². The molecule has 0 aliphatic carbocycles. The average Bonchev–Trinajstić information content (AvgIpc) is 2.66. The summed E-state index contributed by atoms with van der Waals surface area (Å²) in [5, 5.41) is 0.651. The monoisotopic (exact) mass is 374 g/mol. The molecule has 0 aromatic heterocycles. The third kappa shape index (κ3) is 4.33. The lowest BCUT2D eigenvalue weighted by atomic mass is 10.1. The molecule has 1 aliphatic rings. The van der Waals surface area contributed by atoms with E-state index in [4.69, 9.17) is 26.8 Å². The van der Waals surface area contributed by atoms with E-state index < -0.39 is 5.91 Å². The van der Waals surface area contributed by atoms with Crippen LogP contribution in [0, 0.1) is 0 Å². The van der Waals surface area contributed by atoms with E-state index in [-0.39, 0.29) is 18.6 Å². The molecule has 0 spiro atoms. The van der Waals surface area contributed by atoms with E-state index in [1.807, 2.05) is 12.1 Å². The average molecular weight is 375 g/mol. The number of morpholine rings is 1. The number of carbonyl (C=O) groups excluding carboxylic acids is 2. The van der Waals surface area contributed by atoms with E-state index in [1.165, 1.54) is 0 Å². The third-order valence-electron chi connectivity index (χ3n) is 4.08. The number of nitrogens with zero attached hydrogens (tertiary/aromatic N) is 1.